The molecule has 1 aromatic heterocycles. The predicted octanol–water partition coefficient (Wildman–Crippen LogP) is 4.67. The predicted molar refractivity (Wildman–Crippen MR) is 95.4 cm³/mol. The molecule has 0 aliphatic rings. The number of nitrogens with one attached hydrogen (secondary N) is 1. The standard InChI is InChI=1S/C16H16Cl3N3O/c1-10(12-6-5-11(17)8-13(12)18)22(2)9-15(23)21-14-4-3-7-20-16(14)19/h3-8,10H,9H2,1-2H3,(H,21,23). The molecule has 0 saturated carbocycles. The number of hydrogen-bond donors (Lipinski definition) is 1. The van der Waals surface area contributed by atoms with E-state index in [4.69, 9.17) is 34.8 Å². The van der Waals surface area contributed by atoms with Gasteiger partial charge in [-0.1, -0.05) is 40.9 Å². The number of rotatable bonds is 5. The lowest BCUT2D eigenvalue weighted by Gasteiger charge is -2.25. The number of halogens is 3. The van der Waals surface area contributed by atoms with Gasteiger partial charge in [-0.3, -0.25) is 9.69 Å². The maximum atomic E-state index is 12.2. The van der Waals surface area contributed by atoms with E-state index >= 15 is 0 Å². The van der Waals surface area contributed by atoms with E-state index in [1.54, 1.807) is 30.5 Å². The highest BCUT2D eigenvalue weighted by Crippen LogP contribution is 2.29. The summed E-state index contributed by atoms with van der Waals surface area (Å²) in [5.41, 5.74) is 1.40. The van der Waals surface area contributed by atoms with Gasteiger partial charge >= 0.3 is 0 Å². The van der Waals surface area contributed by atoms with Gasteiger partial charge in [0.15, 0.2) is 5.15 Å². The maximum Gasteiger partial charge on any atom is 0.238 e. The van der Waals surface area contributed by atoms with Gasteiger partial charge in [0.05, 0.1) is 12.2 Å². The first kappa shape index (κ1) is 18.0. The van der Waals surface area contributed by atoms with Crippen molar-refractivity contribution in [3.8, 4) is 0 Å². The molecule has 0 spiro atoms. The van der Waals surface area contributed by atoms with Crippen LogP contribution in [0.2, 0.25) is 15.2 Å². The van der Waals surface area contributed by atoms with E-state index in [9.17, 15) is 4.79 Å². The Bertz CT molecular complexity index is 709. The van der Waals surface area contributed by atoms with E-state index in [-0.39, 0.29) is 23.6 Å². The van der Waals surface area contributed by atoms with Crippen LogP contribution in [-0.2, 0) is 4.79 Å². The molecule has 122 valence electrons. The smallest absolute Gasteiger partial charge is 0.238 e. The summed E-state index contributed by atoms with van der Waals surface area (Å²) >= 11 is 18.1. The number of nitrogens with zero attached hydrogens (tertiary/aromatic N) is 2. The number of hydrogen-bond acceptors (Lipinski definition) is 3. The molecule has 4 nitrogen and oxygen atoms in total. The third-order valence-electron chi connectivity index (χ3n) is 3.50. The molecule has 23 heavy (non-hydrogen) atoms. The lowest BCUT2D eigenvalue weighted by Crippen LogP contribution is -2.32. The van der Waals surface area contributed by atoms with Gasteiger partial charge in [0, 0.05) is 22.3 Å². The average Bonchev–Trinajstić information content (AvgIpc) is 2.49. The zero-order valence-corrected chi connectivity index (χ0v) is 15.0. The van der Waals surface area contributed by atoms with Crippen molar-refractivity contribution < 1.29 is 4.79 Å². The van der Waals surface area contributed by atoms with Gasteiger partial charge in [0.2, 0.25) is 5.91 Å². The van der Waals surface area contributed by atoms with Crippen molar-refractivity contribution >= 4 is 46.4 Å². The molecule has 1 N–H and O–H groups in total. The van der Waals surface area contributed by atoms with Gasteiger partial charge in [-0.25, -0.2) is 4.98 Å². The molecule has 1 atom stereocenters. The molecule has 0 fully saturated rings. The first-order chi connectivity index (χ1) is 10.9. The van der Waals surface area contributed by atoms with Crippen LogP contribution in [0.25, 0.3) is 0 Å². The number of amides is 1. The van der Waals surface area contributed by atoms with Crippen molar-refractivity contribution in [1.29, 1.82) is 0 Å². The molecule has 1 unspecified atom stereocenters. The number of benzene rings is 1. The molecule has 0 radical (unpaired) electrons. The van der Waals surface area contributed by atoms with Crippen LogP contribution in [0.4, 0.5) is 5.69 Å². The average molecular weight is 373 g/mol. The quantitative estimate of drug-likeness (QED) is 0.776. The zero-order valence-electron chi connectivity index (χ0n) is 12.7. The van der Waals surface area contributed by atoms with Gasteiger partial charge in [-0.2, -0.15) is 0 Å². The molecule has 0 saturated heterocycles. The Morgan fingerprint density at radius 3 is 2.70 bits per heavy atom. The molecule has 2 aromatic rings. The van der Waals surface area contributed by atoms with Crippen LogP contribution in [0.15, 0.2) is 36.5 Å². The summed E-state index contributed by atoms with van der Waals surface area (Å²) in [6.45, 7) is 2.16. The molecular formula is C16H16Cl3N3O. The number of aromatic nitrogens is 1. The molecule has 7 heteroatoms. The Morgan fingerprint density at radius 2 is 2.04 bits per heavy atom. The van der Waals surface area contributed by atoms with Gasteiger partial charge in [-0.15, -0.1) is 0 Å². The first-order valence-corrected chi connectivity index (χ1v) is 8.07. The Kier molecular flexibility index (Phi) is 6.25. The SMILES string of the molecule is CC(c1ccc(Cl)cc1Cl)N(C)CC(=O)Nc1cccnc1Cl. The first-order valence-electron chi connectivity index (χ1n) is 6.94. The lowest BCUT2D eigenvalue weighted by molar-refractivity contribution is -0.117. The van der Waals surface area contributed by atoms with Crippen LogP contribution in [0.5, 0.6) is 0 Å². The molecule has 0 aliphatic heterocycles. The summed E-state index contributed by atoms with van der Waals surface area (Å²) < 4.78 is 0. The second-order valence-corrected chi connectivity index (χ2v) is 6.35. The Labute approximate surface area is 150 Å². The molecule has 1 aromatic carbocycles. The summed E-state index contributed by atoms with van der Waals surface area (Å²) in [7, 11) is 1.85. The Hall–Kier alpha value is -1.33. The fourth-order valence-electron chi connectivity index (χ4n) is 2.11. The minimum absolute atomic E-state index is 0.0464. The molecule has 1 heterocycles. The van der Waals surface area contributed by atoms with Crippen LogP contribution in [0.3, 0.4) is 0 Å². The summed E-state index contributed by atoms with van der Waals surface area (Å²) in [5, 5.41) is 4.16. The summed E-state index contributed by atoms with van der Waals surface area (Å²) in [5.74, 6) is -0.181. The van der Waals surface area contributed by atoms with E-state index < -0.39 is 0 Å². The number of pyridine rings is 1. The minimum atomic E-state index is -0.181. The highest BCUT2D eigenvalue weighted by Gasteiger charge is 2.18. The van der Waals surface area contributed by atoms with Crippen molar-refractivity contribution in [2.75, 3.05) is 18.9 Å². The fraction of sp³-hybridized carbons (Fsp3) is 0.250. The molecule has 0 bridgehead atoms. The Morgan fingerprint density at radius 1 is 1.30 bits per heavy atom. The second-order valence-electron chi connectivity index (χ2n) is 5.15. The fourth-order valence-corrected chi connectivity index (χ4v) is 2.84. The minimum Gasteiger partial charge on any atom is -0.322 e. The third kappa shape index (κ3) is 4.82. The van der Waals surface area contributed by atoms with E-state index in [1.807, 2.05) is 24.9 Å². The van der Waals surface area contributed by atoms with E-state index in [0.717, 1.165) is 5.56 Å². The van der Waals surface area contributed by atoms with Crippen LogP contribution >= 0.6 is 34.8 Å². The van der Waals surface area contributed by atoms with E-state index in [0.29, 0.717) is 15.7 Å². The van der Waals surface area contributed by atoms with Crippen molar-refractivity contribution in [1.82, 2.24) is 9.88 Å². The molecule has 2 rings (SSSR count). The van der Waals surface area contributed by atoms with E-state index in [2.05, 4.69) is 10.3 Å². The second kappa shape index (κ2) is 7.97. The maximum absolute atomic E-state index is 12.2. The summed E-state index contributed by atoms with van der Waals surface area (Å²) in [6, 6.07) is 8.70. The van der Waals surface area contributed by atoms with Gasteiger partial charge < -0.3 is 5.32 Å². The zero-order chi connectivity index (χ0) is 17.0. The van der Waals surface area contributed by atoms with Crippen molar-refractivity contribution in [3.05, 3.63) is 57.3 Å². The molecular weight excluding hydrogens is 357 g/mol. The topological polar surface area (TPSA) is 45.2 Å². The molecule has 0 aliphatic carbocycles. The Balaban J connectivity index is 2.01. The van der Waals surface area contributed by atoms with Crippen molar-refractivity contribution in [2.45, 2.75) is 13.0 Å². The number of carbonyl (C=O) groups is 1. The third-order valence-corrected chi connectivity index (χ3v) is 4.36. The van der Waals surface area contributed by atoms with Gasteiger partial charge in [0.25, 0.3) is 0 Å². The number of carbonyl (C=O) groups excluding carboxylic acids is 1. The van der Waals surface area contributed by atoms with Crippen LogP contribution < -0.4 is 5.32 Å². The van der Waals surface area contributed by atoms with Crippen LogP contribution in [0, 0.1) is 0 Å². The van der Waals surface area contributed by atoms with Gasteiger partial charge in [-0.05, 0) is 43.8 Å². The van der Waals surface area contributed by atoms with E-state index in [1.165, 1.54) is 0 Å². The largest absolute Gasteiger partial charge is 0.322 e. The number of anilines is 1. The van der Waals surface area contributed by atoms with Crippen LogP contribution in [0.1, 0.15) is 18.5 Å². The normalized spacial score (nSPS) is 12.3. The summed E-state index contributed by atoms with van der Waals surface area (Å²) in [6.07, 6.45) is 1.56. The van der Waals surface area contributed by atoms with Crippen molar-refractivity contribution in [3.63, 3.8) is 0 Å². The lowest BCUT2D eigenvalue weighted by atomic mass is 10.1. The van der Waals surface area contributed by atoms with Gasteiger partial charge in [0.1, 0.15) is 0 Å². The van der Waals surface area contributed by atoms with Crippen LogP contribution in [-0.4, -0.2) is 29.4 Å². The monoisotopic (exact) mass is 371 g/mol. The number of likely N-dealkylation sites (N-methyl/N-ethyl adjacent to an activating group) is 1. The summed E-state index contributed by atoms with van der Waals surface area (Å²) in [4.78, 5) is 18.0. The highest BCUT2D eigenvalue weighted by atomic mass is 35.5. The molecule has 1 amide bonds. The highest BCUT2D eigenvalue weighted by molar-refractivity contribution is 6.35. The van der Waals surface area contributed by atoms with Crippen molar-refractivity contribution in [2.24, 2.45) is 0 Å².